The second-order valence-corrected chi connectivity index (χ2v) is 7.59. The molecule has 3 aromatic rings. The Bertz CT molecular complexity index is 944. The number of rotatable bonds is 5. The largest absolute Gasteiger partial charge is 0.372 e. The maximum absolute atomic E-state index is 13.4. The Hall–Kier alpha value is -2.23. The van der Waals surface area contributed by atoms with E-state index in [1.165, 1.54) is 23.6 Å². The number of pyridine rings is 1. The van der Waals surface area contributed by atoms with Crippen LogP contribution in [0, 0.1) is 12.7 Å². The van der Waals surface area contributed by atoms with Crippen LogP contribution >= 0.6 is 11.3 Å². The van der Waals surface area contributed by atoms with Gasteiger partial charge in [-0.3, -0.25) is 9.88 Å². The number of hydrogen-bond donors (Lipinski definition) is 2. The fraction of sp³-hybridized carbons (Fsp3) is 0.412. The number of anilines is 1. The van der Waals surface area contributed by atoms with Crippen molar-refractivity contribution in [3.05, 3.63) is 40.5 Å². The van der Waals surface area contributed by atoms with Gasteiger partial charge in [-0.2, -0.15) is 4.98 Å². The quantitative estimate of drug-likeness (QED) is 0.710. The van der Waals surface area contributed by atoms with E-state index in [-0.39, 0.29) is 6.04 Å². The van der Waals surface area contributed by atoms with E-state index in [4.69, 9.17) is 0 Å². The van der Waals surface area contributed by atoms with Crippen LogP contribution in [0.3, 0.4) is 0 Å². The lowest BCUT2D eigenvalue weighted by molar-refractivity contribution is -0.0381. The number of aliphatic hydroxyl groups excluding tert-OH is 1. The highest BCUT2D eigenvalue weighted by atomic mass is 32.1. The Labute approximate surface area is 154 Å². The highest BCUT2D eigenvalue weighted by Crippen LogP contribution is 2.32. The standard InChI is InChI=1S/C17H19FN6OS/c1-9(11-6-12(18)8-19-7-11)20-17-22-13(16(25)24-4-3-5-24)14-15(23-17)21-10(2)26-14/h6-9,16,25H,3-5H2,1-2H3,(H,20,22,23). The van der Waals surface area contributed by atoms with Crippen LogP contribution in [0.2, 0.25) is 0 Å². The van der Waals surface area contributed by atoms with E-state index in [1.807, 2.05) is 18.7 Å². The smallest absolute Gasteiger partial charge is 0.225 e. The van der Waals surface area contributed by atoms with Crippen molar-refractivity contribution >= 4 is 27.6 Å². The van der Waals surface area contributed by atoms with Crippen molar-refractivity contribution in [2.24, 2.45) is 0 Å². The van der Waals surface area contributed by atoms with Crippen LogP contribution in [0.1, 0.15) is 41.9 Å². The van der Waals surface area contributed by atoms with Gasteiger partial charge in [0.05, 0.1) is 21.9 Å². The Morgan fingerprint density at radius 1 is 1.27 bits per heavy atom. The molecular formula is C17H19FN6OS. The van der Waals surface area contributed by atoms with Crippen LogP contribution in [-0.4, -0.2) is 43.0 Å². The second-order valence-electron chi connectivity index (χ2n) is 6.38. The van der Waals surface area contributed by atoms with Crippen molar-refractivity contribution in [3.63, 3.8) is 0 Å². The molecule has 1 saturated heterocycles. The minimum Gasteiger partial charge on any atom is -0.372 e. The molecule has 3 aromatic heterocycles. The molecule has 0 amide bonds. The van der Waals surface area contributed by atoms with Gasteiger partial charge in [-0.25, -0.2) is 14.4 Å². The Balaban J connectivity index is 1.68. The number of aromatic nitrogens is 4. The van der Waals surface area contributed by atoms with Gasteiger partial charge >= 0.3 is 0 Å². The van der Waals surface area contributed by atoms with E-state index in [9.17, 15) is 9.50 Å². The SMILES string of the molecule is Cc1nc2nc(NC(C)c3cncc(F)c3)nc(C(O)N3CCC3)c2s1. The van der Waals surface area contributed by atoms with Gasteiger partial charge in [0, 0.05) is 19.3 Å². The molecule has 2 N–H and O–H groups in total. The molecule has 0 radical (unpaired) electrons. The first kappa shape index (κ1) is 17.2. The molecule has 0 saturated carbocycles. The van der Waals surface area contributed by atoms with Crippen LogP contribution in [0.15, 0.2) is 18.5 Å². The first-order valence-electron chi connectivity index (χ1n) is 8.45. The molecule has 7 nitrogen and oxygen atoms in total. The van der Waals surface area contributed by atoms with E-state index in [1.54, 1.807) is 6.20 Å². The molecule has 2 unspecified atom stereocenters. The van der Waals surface area contributed by atoms with E-state index < -0.39 is 12.0 Å². The number of nitrogens with zero attached hydrogens (tertiary/aromatic N) is 5. The van der Waals surface area contributed by atoms with Gasteiger partial charge in [-0.05, 0) is 31.9 Å². The number of likely N-dealkylation sites (tertiary alicyclic amines) is 1. The molecule has 136 valence electrons. The summed E-state index contributed by atoms with van der Waals surface area (Å²) in [5, 5.41) is 14.7. The van der Waals surface area contributed by atoms with E-state index in [0.29, 0.717) is 22.9 Å². The van der Waals surface area contributed by atoms with Crippen LogP contribution in [-0.2, 0) is 0 Å². The highest BCUT2D eigenvalue weighted by molar-refractivity contribution is 7.18. The zero-order valence-electron chi connectivity index (χ0n) is 14.5. The first-order chi connectivity index (χ1) is 12.5. The summed E-state index contributed by atoms with van der Waals surface area (Å²) in [6.07, 6.45) is 3.06. The minimum atomic E-state index is -0.777. The zero-order chi connectivity index (χ0) is 18.3. The predicted octanol–water partition coefficient (Wildman–Crippen LogP) is 2.80. The van der Waals surface area contributed by atoms with Crippen LogP contribution in [0.25, 0.3) is 10.3 Å². The first-order valence-corrected chi connectivity index (χ1v) is 9.27. The molecule has 1 fully saturated rings. The molecule has 26 heavy (non-hydrogen) atoms. The van der Waals surface area contributed by atoms with Gasteiger partial charge in [0.2, 0.25) is 5.95 Å². The molecule has 0 bridgehead atoms. The van der Waals surface area contributed by atoms with Crippen molar-refractivity contribution in [1.29, 1.82) is 0 Å². The van der Waals surface area contributed by atoms with Gasteiger partial charge in [-0.15, -0.1) is 11.3 Å². The van der Waals surface area contributed by atoms with Gasteiger partial charge in [0.25, 0.3) is 0 Å². The van der Waals surface area contributed by atoms with Crippen molar-refractivity contribution in [2.45, 2.75) is 32.5 Å². The van der Waals surface area contributed by atoms with Crippen LogP contribution in [0.4, 0.5) is 10.3 Å². The Morgan fingerprint density at radius 3 is 2.77 bits per heavy atom. The number of hydrogen-bond acceptors (Lipinski definition) is 8. The third-order valence-electron chi connectivity index (χ3n) is 4.44. The van der Waals surface area contributed by atoms with Crippen LogP contribution in [0.5, 0.6) is 0 Å². The number of nitrogens with one attached hydrogen (secondary N) is 1. The summed E-state index contributed by atoms with van der Waals surface area (Å²) in [6, 6.07) is 1.18. The van der Waals surface area contributed by atoms with Crippen molar-refractivity contribution < 1.29 is 9.50 Å². The minimum absolute atomic E-state index is 0.246. The second kappa shape index (κ2) is 6.82. The Kier molecular flexibility index (Phi) is 4.51. The molecule has 9 heteroatoms. The zero-order valence-corrected chi connectivity index (χ0v) is 15.3. The highest BCUT2D eigenvalue weighted by Gasteiger charge is 2.28. The fourth-order valence-electron chi connectivity index (χ4n) is 2.89. The van der Waals surface area contributed by atoms with Gasteiger partial charge in [0.1, 0.15) is 11.5 Å². The molecule has 1 aliphatic heterocycles. The molecule has 0 aromatic carbocycles. The average molecular weight is 374 g/mol. The molecular weight excluding hydrogens is 355 g/mol. The van der Waals surface area contributed by atoms with E-state index >= 15 is 0 Å². The number of fused-ring (bicyclic) bond motifs is 1. The summed E-state index contributed by atoms with van der Waals surface area (Å²) < 4.78 is 14.2. The summed E-state index contributed by atoms with van der Waals surface area (Å²) in [5.41, 5.74) is 1.81. The third kappa shape index (κ3) is 3.25. The lowest BCUT2D eigenvalue weighted by Crippen LogP contribution is -2.40. The topological polar surface area (TPSA) is 87.1 Å². The lowest BCUT2D eigenvalue weighted by atomic mass is 10.1. The van der Waals surface area contributed by atoms with Crippen molar-refractivity contribution in [1.82, 2.24) is 24.8 Å². The summed E-state index contributed by atoms with van der Waals surface area (Å²) >= 11 is 1.47. The number of halogens is 1. The maximum atomic E-state index is 13.4. The molecule has 2 atom stereocenters. The molecule has 4 rings (SSSR count). The molecule has 4 heterocycles. The maximum Gasteiger partial charge on any atom is 0.225 e. The summed E-state index contributed by atoms with van der Waals surface area (Å²) in [4.78, 5) is 19.3. The van der Waals surface area contributed by atoms with Crippen molar-refractivity contribution in [2.75, 3.05) is 18.4 Å². The lowest BCUT2D eigenvalue weighted by Gasteiger charge is -2.34. The normalized spacial score (nSPS) is 17.1. The number of thiazole rings is 1. The summed E-state index contributed by atoms with van der Waals surface area (Å²) in [5.74, 6) is -0.0364. The molecule has 0 aliphatic carbocycles. The van der Waals surface area contributed by atoms with Crippen molar-refractivity contribution in [3.8, 4) is 0 Å². The molecule has 0 spiro atoms. The Morgan fingerprint density at radius 2 is 2.08 bits per heavy atom. The van der Waals surface area contributed by atoms with E-state index in [2.05, 4.69) is 25.3 Å². The molecule has 1 aliphatic rings. The predicted molar refractivity (Wildman–Crippen MR) is 97.3 cm³/mol. The third-order valence-corrected chi connectivity index (χ3v) is 5.42. The summed E-state index contributed by atoms with van der Waals surface area (Å²) in [7, 11) is 0. The van der Waals surface area contributed by atoms with Gasteiger partial charge in [0.15, 0.2) is 11.9 Å². The number of aryl methyl sites for hydroxylation is 1. The van der Waals surface area contributed by atoms with Gasteiger partial charge < -0.3 is 10.4 Å². The fourth-order valence-corrected chi connectivity index (χ4v) is 3.75. The van der Waals surface area contributed by atoms with E-state index in [0.717, 1.165) is 29.2 Å². The number of aliphatic hydroxyl groups is 1. The van der Waals surface area contributed by atoms with Crippen LogP contribution < -0.4 is 5.32 Å². The van der Waals surface area contributed by atoms with Gasteiger partial charge in [-0.1, -0.05) is 0 Å². The average Bonchev–Trinajstić information content (AvgIpc) is 2.92. The monoisotopic (exact) mass is 374 g/mol. The summed E-state index contributed by atoms with van der Waals surface area (Å²) in [6.45, 7) is 5.47.